The molecule has 0 bridgehead atoms. The van der Waals surface area contributed by atoms with Crippen LogP contribution in [0.2, 0.25) is 0 Å². The molecule has 2 aromatic carbocycles. The summed E-state index contributed by atoms with van der Waals surface area (Å²) in [5.74, 6) is 3.24. The van der Waals surface area contributed by atoms with E-state index in [2.05, 4.69) is 41.7 Å². The third kappa shape index (κ3) is 8.23. The Morgan fingerprint density at radius 2 is 2.02 bits per heavy atom. The van der Waals surface area contributed by atoms with Crippen LogP contribution in [0, 0.1) is 5.82 Å². The summed E-state index contributed by atoms with van der Waals surface area (Å²) >= 11 is 4.91. The highest BCUT2D eigenvalue weighted by atomic mass is 79.9. The second-order valence-electron chi connectivity index (χ2n) is 12.3. The molecule has 2 saturated heterocycles. The lowest BCUT2D eigenvalue weighted by atomic mass is 9.95. The molecule has 3 aromatic rings. The number of hydrogen-bond donors (Lipinski definition) is 2. The van der Waals surface area contributed by atoms with Gasteiger partial charge in [0, 0.05) is 82.7 Å². The molecule has 3 aliphatic rings. The van der Waals surface area contributed by atoms with Crippen LogP contribution in [0.1, 0.15) is 35.5 Å². The number of nitrogens with zero attached hydrogens (tertiary/aromatic N) is 5. The molecular weight excluding hydrogens is 733 g/mol. The van der Waals surface area contributed by atoms with Crippen LogP contribution in [0.4, 0.5) is 14.9 Å². The minimum atomic E-state index is -2.21. The number of esters is 1. The zero-order chi connectivity index (χ0) is 34.7. The average molecular weight is 773 g/mol. The first kappa shape index (κ1) is 35.2. The lowest BCUT2D eigenvalue weighted by molar-refractivity contribution is -0.139. The number of nitrogens with one attached hydrogen (secondary N) is 2. The van der Waals surface area contributed by atoms with Gasteiger partial charge in [-0.05, 0) is 61.0 Å². The van der Waals surface area contributed by atoms with Gasteiger partial charge in [-0.2, -0.15) is 0 Å². The zero-order valence-electron chi connectivity index (χ0n) is 27.4. The Kier molecular flexibility index (Phi) is 10.8. The lowest BCUT2D eigenvalue weighted by Gasteiger charge is -2.38. The second-order valence-corrected chi connectivity index (χ2v) is 16.3. The van der Waals surface area contributed by atoms with Crippen LogP contribution in [0.5, 0.6) is 0 Å². The van der Waals surface area contributed by atoms with Gasteiger partial charge in [0.1, 0.15) is 11.9 Å². The highest BCUT2D eigenvalue weighted by molar-refractivity contribution is 9.10. The number of amidine groups is 1. The van der Waals surface area contributed by atoms with Crippen molar-refractivity contribution in [3.8, 4) is 0 Å². The normalized spacial score (nSPS) is 20.9. The number of ether oxygens (including phenoxy) is 1. The maximum atomic E-state index is 14.1. The summed E-state index contributed by atoms with van der Waals surface area (Å²) < 4.78 is 34.8. The first-order chi connectivity index (χ1) is 23.5. The van der Waals surface area contributed by atoms with E-state index in [-0.39, 0.29) is 18.7 Å². The number of benzene rings is 2. The van der Waals surface area contributed by atoms with Crippen molar-refractivity contribution in [1.82, 2.24) is 24.8 Å². The number of aromatic nitrogens is 1. The number of amides is 2. The summed E-state index contributed by atoms with van der Waals surface area (Å²) in [6.45, 7) is 5.25. The number of rotatable bonds is 12. The molecule has 3 aliphatic heterocycles. The Balaban J connectivity index is 1.20. The summed E-state index contributed by atoms with van der Waals surface area (Å²) in [6.07, 6.45) is 4.94. The minimum absolute atomic E-state index is 0.0172. The van der Waals surface area contributed by atoms with Crippen molar-refractivity contribution in [3.63, 3.8) is 0 Å². The molecule has 0 spiro atoms. The van der Waals surface area contributed by atoms with E-state index >= 15 is 0 Å². The van der Waals surface area contributed by atoms with E-state index in [1.165, 1.54) is 23.5 Å². The molecule has 4 heterocycles. The second kappa shape index (κ2) is 15.1. The number of urea groups is 1. The number of carbonyl (C=O) groups excluding carboxylic acids is 2. The molecular formula is C34H39BrFN7O4S2. The van der Waals surface area contributed by atoms with Crippen molar-refractivity contribution in [2.75, 3.05) is 57.0 Å². The topological polar surface area (TPSA) is 119 Å². The summed E-state index contributed by atoms with van der Waals surface area (Å²) in [7, 11) is -2.21. The predicted molar refractivity (Wildman–Crippen MR) is 196 cm³/mol. The molecule has 6 rings (SSSR count). The Morgan fingerprint density at radius 1 is 1.22 bits per heavy atom. The molecule has 15 heteroatoms. The molecule has 1 aromatic heterocycles. The smallest absolute Gasteiger partial charge is 0.338 e. The molecule has 0 aliphatic carbocycles. The van der Waals surface area contributed by atoms with E-state index in [0.29, 0.717) is 71.4 Å². The summed E-state index contributed by atoms with van der Waals surface area (Å²) in [4.78, 5) is 42.4. The predicted octanol–water partition coefficient (Wildman–Crippen LogP) is 4.36. The summed E-state index contributed by atoms with van der Waals surface area (Å²) in [6, 6.07) is 11.6. The Bertz CT molecular complexity index is 1870. The number of piperazine rings is 1. The molecule has 2 fully saturated rings. The maximum Gasteiger partial charge on any atom is 0.338 e. The third-order valence-electron chi connectivity index (χ3n) is 8.63. The van der Waals surface area contributed by atoms with E-state index in [4.69, 9.17) is 9.73 Å². The first-order valence-corrected chi connectivity index (χ1v) is 19.9. The van der Waals surface area contributed by atoms with Crippen molar-refractivity contribution in [3.05, 3.63) is 91.7 Å². The van der Waals surface area contributed by atoms with Gasteiger partial charge in [-0.25, -0.2) is 23.7 Å². The first-order valence-electron chi connectivity index (χ1n) is 16.1. The van der Waals surface area contributed by atoms with Gasteiger partial charge in [-0.1, -0.05) is 34.1 Å². The molecule has 3 atom stereocenters. The van der Waals surface area contributed by atoms with Gasteiger partial charge in [0.2, 0.25) is 0 Å². The number of thiazole rings is 1. The molecule has 0 saturated carbocycles. The molecule has 0 radical (unpaired) electrons. The van der Waals surface area contributed by atoms with Gasteiger partial charge in [0.05, 0.1) is 18.2 Å². The SMILES string of the molecule is C=S(C)(=O)NCCCc1ccc(N2C[C@@H]3CN(CC4=C(C(=O)OCC)[C@H](c5ccc(F)cc5Br)N=C(c5nccs5)N4)CCN3C2=O)cc1. The van der Waals surface area contributed by atoms with Crippen LogP contribution in [-0.2, 0) is 25.7 Å². The van der Waals surface area contributed by atoms with Gasteiger partial charge in [0.25, 0.3) is 0 Å². The van der Waals surface area contributed by atoms with Crippen LogP contribution >= 0.6 is 27.3 Å². The highest BCUT2D eigenvalue weighted by Gasteiger charge is 2.42. The third-order valence-corrected chi connectivity index (χ3v) is 10.9. The molecule has 260 valence electrons. The van der Waals surface area contributed by atoms with E-state index < -0.39 is 27.5 Å². The van der Waals surface area contributed by atoms with Crippen LogP contribution in [0.15, 0.2) is 74.8 Å². The number of aliphatic imine (C=N–C) groups is 1. The molecule has 2 N–H and O–H groups in total. The average Bonchev–Trinajstić information content (AvgIpc) is 3.71. The van der Waals surface area contributed by atoms with Crippen molar-refractivity contribution in [2.24, 2.45) is 4.99 Å². The van der Waals surface area contributed by atoms with Gasteiger partial charge in [0.15, 0.2) is 10.8 Å². The van der Waals surface area contributed by atoms with Crippen LogP contribution in [0.3, 0.4) is 0 Å². The van der Waals surface area contributed by atoms with E-state index in [9.17, 15) is 18.2 Å². The van der Waals surface area contributed by atoms with E-state index in [1.54, 1.807) is 25.4 Å². The van der Waals surface area contributed by atoms with Crippen molar-refractivity contribution < 1.29 is 22.9 Å². The summed E-state index contributed by atoms with van der Waals surface area (Å²) in [5, 5.41) is 5.91. The van der Waals surface area contributed by atoms with Crippen molar-refractivity contribution in [1.29, 1.82) is 0 Å². The number of fused-ring (bicyclic) bond motifs is 1. The number of hydrogen-bond acceptors (Lipinski definition) is 9. The minimum Gasteiger partial charge on any atom is -0.463 e. The van der Waals surface area contributed by atoms with E-state index in [1.807, 2.05) is 39.4 Å². The Morgan fingerprint density at radius 3 is 2.71 bits per heavy atom. The van der Waals surface area contributed by atoms with Gasteiger partial charge in [-0.15, -0.1) is 11.3 Å². The number of anilines is 1. The number of carbonyl (C=O) groups is 2. The van der Waals surface area contributed by atoms with Crippen LogP contribution in [0.25, 0.3) is 0 Å². The number of halogens is 2. The molecule has 1 unspecified atom stereocenters. The summed E-state index contributed by atoms with van der Waals surface area (Å²) in [5.41, 5.74) is 3.61. The standard InChI is InChI=1S/C34H39BrFN7O4S2/c1-4-47-33(44)29-28(39-31(32-37-14-17-48-32)40-30(29)26-12-9-23(36)18-27(26)35)21-41-15-16-42-25(19-41)20-43(34(42)45)24-10-7-22(8-11-24)6-5-13-38-49(2,3)46/h7-12,14,17-18,25,30H,2,4-6,13,15-16,19-21H2,1,3H3,(H,38,46)(H,39,40)/t25-,30-,49?/m0/s1. The van der Waals surface area contributed by atoms with Crippen LogP contribution in [-0.4, -0.2) is 101 Å². The van der Waals surface area contributed by atoms with E-state index in [0.717, 1.165) is 24.1 Å². The molecule has 49 heavy (non-hydrogen) atoms. The largest absolute Gasteiger partial charge is 0.463 e. The van der Waals surface area contributed by atoms with Crippen molar-refractivity contribution >= 4 is 66.4 Å². The lowest BCUT2D eigenvalue weighted by Crippen LogP contribution is -2.53. The fourth-order valence-electron chi connectivity index (χ4n) is 6.34. The maximum absolute atomic E-state index is 14.1. The van der Waals surface area contributed by atoms with Gasteiger partial charge >= 0.3 is 12.0 Å². The Labute approximate surface area is 298 Å². The quantitative estimate of drug-likeness (QED) is 0.160. The fraction of sp³-hybridized carbons (Fsp3) is 0.382. The molecule has 2 amide bonds. The van der Waals surface area contributed by atoms with Gasteiger partial charge in [-0.3, -0.25) is 19.0 Å². The van der Waals surface area contributed by atoms with Crippen LogP contribution < -0.4 is 14.9 Å². The Hall–Kier alpha value is -3.63. The van der Waals surface area contributed by atoms with Crippen molar-refractivity contribution in [2.45, 2.75) is 31.8 Å². The number of aryl methyl sites for hydroxylation is 1. The molecule has 11 nitrogen and oxygen atoms in total. The monoisotopic (exact) mass is 771 g/mol. The van der Waals surface area contributed by atoms with Gasteiger partial charge < -0.3 is 15.0 Å². The fourth-order valence-corrected chi connectivity index (χ4v) is 8.08. The zero-order valence-corrected chi connectivity index (χ0v) is 30.6. The highest BCUT2D eigenvalue weighted by Crippen LogP contribution is 2.37.